The maximum atomic E-state index is 12.8. The monoisotopic (exact) mass is 367 g/mol. The number of benzene rings is 3. The Morgan fingerprint density at radius 3 is 2.54 bits per heavy atom. The largest absolute Gasteiger partial charge is 0.459 e. The Kier molecular flexibility index (Phi) is 3.92. The van der Waals surface area contributed by atoms with Gasteiger partial charge in [-0.05, 0) is 30.0 Å². The Bertz CT molecular complexity index is 1120. The van der Waals surface area contributed by atoms with Gasteiger partial charge in [-0.2, -0.15) is 0 Å². The van der Waals surface area contributed by atoms with Gasteiger partial charge in [-0.15, -0.1) is 0 Å². The Morgan fingerprint density at radius 2 is 1.77 bits per heavy atom. The van der Waals surface area contributed by atoms with Gasteiger partial charge in [0, 0.05) is 5.39 Å². The standard InChI is InChI=1S/C20H17NO4S/c1-14-5-2-6-15(11-14)13-25-19(22)12-21-17-9-3-7-16-8-4-10-18(20(16)17)26(21,23)24/h2-11H,12-13H2,1H3. The van der Waals surface area contributed by atoms with Crippen molar-refractivity contribution in [2.45, 2.75) is 18.4 Å². The highest BCUT2D eigenvalue weighted by Gasteiger charge is 2.36. The van der Waals surface area contributed by atoms with Gasteiger partial charge < -0.3 is 4.74 Å². The van der Waals surface area contributed by atoms with Crippen molar-refractivity contribution in [3.05, 3.63) is 71.8 Å². The summed E-state index contributed by atoms with van der Waals surface area (Å²) in [5.74, 6) is -0.583. The molecule has 26 heavy (non-hydrogen) atoms. The van der Waals surface area contributed by atoms with E-state index in [-0.39, 0.29) is 18.0 Å². The average molecular weight is 367 g/mol. The summed E-state index contributed by atoms with van der Waals surface area (Å²) in [6.45, 7) is 1.73. The first-order valence-corrected chi connectivity index (χ1v) is 9.66. The second kappa shape index (κ2) is 6.14. The molecule has 3 aromatic rings. The number of rotatable bonds is 4. The minimum Gasteiger partial charge on any atom is -0.459 e. The van der Waals surface area contributed by atoms with E-state index >= 15 is 0 Å². The number of esters is 1. The summed E-state index contributed by atoms with van der Waals surface area (Å²) in [6.07, 6.45) is 0. The number of anilines is 1. The Balaban J connectivity index is 1.57. The van der Waals surface area contributed by atoms with Crippen LogP contribution in [0.15, 0.2) is 65.6 Å². The smallest absolute Gasteiger partial charge is 0.327 e. The first kappa shape index (κ1) is 16.6. The van der Waals surface area contributed by atoms with Crippen LogP contribution in [-0.2, 0) is 26.2 Å². The molecule has 0 unspecified atom stereocenters. The lowest BCUT2D eigenvalue weighted by molar-refractivity contribution is -0.143. The molecular weight excluding hydrogens is 350 g/mol. The van der Waals surface area contributed by atoms with Gasteiger partial charge in [0.15, 0.2) is 0 Å². The van der Waals surface area contributed by atoms with Crippen molar-refractivity contribution < 1.29 is 17.9 Å². The molecule has 1 aliphatic rings. The van der Waals surface area contributed by atoms with E-state index in [2.05, 4.69) is 0 Å². The van der Waals surface area contributed by atoms with Gasteiger partial charge in [-0.1, -0.05) is 54.1 Å². The van der Waals surface area contributed by atoms with Gasteiger partial charge in [-0.25, -0.2) is 8.42 Å². The number of hydrogen-bond donors (Lipinski definition) is 0. The quantitative estimate of drug-likeness (QED) is 0.663. The van der Waals surface area contributed by atoms with Crippen molar-refractivity contribution in [3.8, 4) is 0 Å². The fraction of sp³-hybridized carbons (Fsp3) is 0.150. The predicted molar refractivity (Wildman–Crippen MR) is 99.5 cm³/mol. The highest BCUT2D eigenvalue weighted by Crippen LogP contribution is 2.41. The van der Waals surface area contributed by atoms with Crippen molar-refractivity contribution in [2.24, 2.45) is 0 Å². The highest BCUT2D eigenvalue weighted by atomic mass is 32.2. The van der Waals surface area contributed by atoms with E-state index in [0.717, 1.165) is 20.8 Å². The van der Waals surface area contributed by atoms with Crippen LogP contribution in [0.1, 0.15) is 11.1 Å². The summed E-state index contributed by atoms with van der Waals surface area (Å²) in [5, 5.41) is 1.49. The SMILES string of the molecule is Cc1cccc(COC(=O)CN2c3cccc4cccc(c34)S2(=O)=O)c1. The van der Waals surface area contributed by atoms with E-state index in [1.807, 2.05) is 43.3 Å². The van der Waals surface area contributed by atoms with E-state index in [1.54, 1.807) is 24.3 Å². The van der Waals surface area contributed by atoms with Crippen molar-refractivity contribution in [1.82, 2.24) is 0 Å². The maximum absolute atomic E-state index is 12.8. The molecule has 0 amide bonds. The molecule has 0 radical (unpaired) electrons. The van der Waals surface area contributed by atoms with Crippen molar-refractivity contribution in [1.29, 1.82) is 0 Å². The van der Waals surface area contributed by atoms with Crippen LogP contribution in [0.2, 0.25) is 0 Å². The molecule has 0 aromatic heterocycles. The number of carbonyl (C=O) groups is 1. The molecule has 3 aromatic carbocycles. The second-order valence-corrected chi connectivity index (χ2v) is 8.12. The minimum atomic E-state index is -3.75. The van der Waals surface area contributed by atoms with Gasteiger partial charge in [0.2, 0.25) is 0 Å². The topological polar surface area (TPSA) is 63.7 Å². The number of sulfonamides is 1. The summed E-state index contributed by atoms with van der Waals surface area (Å²) in [4.78, 5) is 12.5. The van der Waals surface area contributed by atoms with Gasteiger partial charge in [-0.3, -0.25) is 9.10 Å². The van der Waals surface area contributed by atoms with Crippen LogP contribution in [-0.4, -0.2) is 20.9 Å². The van der Waals surface area contributed by atoms with Crippen LogP contribution in [0.4, 0.5) is 5.69 Å². The number of hydrogen-bond acceptors (Lipinski definition) is 4. The fourth-order valence-corrected chi connectivity index (χ4v) is 4.91. The zero-order valence-electron chi connectivity index (χ0n) is 14.2. The summed E-state index contributed by atoms with van der Waals surface area (Å²) >= 11 is 0. The van der Waals surface area contributed by atoms with Crippen LogP contribution in [0.25, 0.3) is 10.8 Å². The molecule has 0 saturated heterocycles. The molecule has 0 aliphatic carbocycles. The molecule has 132 valence electrons. The summed E-state index contributed by atoms with van der Waals surface area (Å²) < 4.78 is 32.1. The first-order valence-electron chi connectivity index (χ1n) is 8.22. The fourth-order valence-electron chi connectivity index (χ4n) is 3.26. The number of nitrogens with zero attached hydrogens (tertiary/aromatic N) is 1. The first-order chi connectivity index (χ1) is 12.5. The molecular formula is C20H17NO4S. The van der Waals surface area contributed by atoms with Crippen molar-refractivity contribution in [3.63, 3.8) is 0 Å². The normalized spacial score (nSPS) is 14.6. The number of aryl methyl sites for hydroxylation is 1. The molecule has 6 heteroatoms. The van der Waals surface area contributed by atoms with Gasteiger partial charge in [0.05, 0.1) is 10.6 Å². The molecule has 1 heterocycles. The summed E-state index contributed by atoms with van der Waals surface area (Å²) in [6, 6.07) is 18.1. The Hall–Kier alpha value is -2.86. The molecule has 4 rings (SSSR count). The van der Waals surface area contributed by atoms with E-state index < -0.39 is 16.0 Å². The zero-order chi connectivity index (χ0) is 18.3. The van der Waals surface area contributed by atoms with E-state index in [9.17, 15) is 13.2 Å². The molecule has 0 saturated carbocycles. The second-order valence-electron chi connectivity index (χ2n) is 6.29. The Morgan fingerprint density at radius 1 is 1.04 bits per heavy atom. The lowest BCUT2D eigenvalue weighted by Gasteiger charge is -2.17. The van der Waals surface area contributed by atoms with Crippen LogP contribution >= 0.6 is 0 Å². The molecule has 1 aliphatic heterocycles. The third kappa shape index (κ3) is 2.72. The average Bonchev–Trinajstić information content (AvgIpc) is 2.84. The van der Waals surface area contributed by atoms with Crippen LogP contribution in [0.3, 0.4) is 0 Å². The number of ether oxygens (including phenoxy) is 1. The molecule has 0 N–H and O–H groups in total. The lowest BCUT2D eigenvalue weighted by Crippen LogP contribution is -2.33. The molecule has 0 fully saturated rings. The van der Waals surface area contributed by atoms with E-state index in [0.29, 0.717) is 11.1 Å². The van der Waals surface area contributed by atoms with Crippen LogP contribution < -0.4 is 4.31 Å². The third-order valence-electron chi connectivity index (χ3n) is 4.44. The molecule has 0 bridgehead atoms. The number of carbonyl (C=O) groups excluding carboxylic acids is 1. The van der Waals surface area contributed by atoms with Crippen LogP contribution in [0.5, 0.6) is 0 Å². The third-order valence-corrected chi connectivity index (χ3v) is 6.24. The van der Waals surface area contributed by atoms with E-state index in [1.165, 1.54) is 0 Å². The van der Waals surface area contributed by atoms with Gasteiger partial charge in [0.25, 0.3) is 10.0 Å². The van der Waals surface area contributed by atoms with Crippen molar-refractivity contribution in [2.75, 3.05) is 10.8 Å². The van der Waals surface area contributed by atoms with Crippen molar-refractivity contribution >= 4 is 32.5 Å². The highest BCUT2D eigenvalue weighted by molar-refractivity contribution is 7.93. The predicted octanol–water partition coefficient (Wildman–Crippen LogP) is 3.40. The molecule has 0 atom stereocenters. The zero-order valence-corrected chi connectivity index (χ0v) is 15.0. The molecule has 0 spiro atoms. The van der Waals surface area contributed by atoms with Gasteiger partial charge >= 0.3 is 5.97 Å². The molecule has 5 nitrogen and oxygen atoms in total. The summed E-state index contributed by atoms with van der Waals surface area (Å²) in [5.41, 5.74) is 2.46. The van der Waals surface area contributed by atoms with E-state index in [4.69, 9.17) is 4.74 Å². The summed E-state index contributed by atoms with van der Waals surface area (Å²) in [7, 11) is -3.75. The Labute approximate surface area is 151 Å². The maximum Gasteiger partial charge on any atom is 0.327 e. The lowest BCUT2D eigenvalue weighted by atomic mass is 10.1. The minimum absolute atomic E-state index is 0.117. The van der Waals surface area contributed by atoms with Gasteiger partial charge in [0.1, 0.15) is 13.2 Å². The van der Waals surface area contributed by atoms with Crippen LogP contribution in [0, 0.1) is 6.92 Å².